The fourth-order valence-corrected chi connectivity index (χ4v) is 0.654. The molecule has 0 N–H and O–H groups in total. The molecule has 0 rings (SSSR count). The number of alkyl halides is 5. The molecule has 0 saturated carbocycles. The second-order valence-electron chi connectivity index (χ2n) is 2.60. The van der Waals surface area contributed by atoms with E-state index in [4.69, 9.17) is 0 Å². The molecule has 0 aliphatic rings. The molecule has 1 unspecified atom stereocenters. The van der Waals surface area contributed by atoms with Gasteiger partial charge in [-0.2, -0.15) is 0 Å². The summed E-state index contributed by atoms with van der Waals surface area (Å²) in [5.41, 5.74) is 0. The Balaban J connectivity index is 3.90. The van der Waals surface area contributed by atoms with E-state index in [-0.39, 0.29) is 0 Å². The SMILES string of the molecule is CCC(F)(F)CC(F)[C@@H](F)CF. The van der Waals surface area contributed by atoms with Crippen LogP contribution in [0.5, 0.6) is 0 Å². The first kappa shape index (κ1) is 11.6. The van der Waals surface area contributed by atoms with Crippen LogP contribution in [0.25, 0.3) is 0 Å². The molecule has 2 atom stereocenters. The first-order chi connectivity index (χ1) is 5.43. The lowest BCUT2D eigenvalue weighted by molar-refractivity contribution is -0.0456. The molecule has 0 aliphatic carbocycles. The van der Waals surface area contributed by atoms with Crippen molar-refractivity contribution in [3.63, 3.8) is 0 Å². The summed E-state index contributed by atoms with van der Waals surface area (Å²) in [6.07, 6.45) is -6.64. The van der Waals surface area contributed by atoms with Gasteiger partial charge >= 0.3 is 0 Å². The molecule has 0 spiro atoms. The van der Waals surface area contributed by atoms with Gasteiger partial charge in [-0.15, -0.1) is 0 Å². The third-order valence-corrected chi connectivity index (χ3v) is 1.55. The molecule has 0 bridgehead atoms. The number of hydrogen-bond donors (Lipinski definition) is 0. The summed E-state index contributed by atoms with van der Waals surface area (Å²) in [7, 11) is 0. The van der Waals surface area contributed by atoms with Crippen LogP contribution in [-0.2, 0) is 0 Å². The van der Waals surface area contributed by atoms with E-state index in [0.717, 1.165) is 6.92 Å². The van der Waals surface area contributed by atoms with Gasteiger partial charge in [0, 0.05) is 12.8 Å². The van der Waals surface area contributed by atoms with Gasteiger partial charge in [-0.1, -0.05) is 6.92 Å². The summed E-state index contributed by atoms with van der Waals surface area (Å²) >= 11 is 0. The summed E-state index contributed by atoms with van der Waals surface area (Å²) in [6.45, 7) is -0.392. The summed E-state index contributed by atoms with van der Waals surface area (Å²) in [4.78, 5) is 0. The van der Waals surface area contributed by atoms with Crippen LogP contribution in [0.3, 0.4) is 0 Å². The van der Waals surface area contributed by atoms with Crippen molar-refractivity contribution in [1.29, 1.82) is 0 Å². The van der Waals surface area contributed by atoms with Crippen LogP contribution >= 0.6 is 0 Å². The molecular weight excluding hydrogens is 179 g/mol. The van der Waals surface area contributed by atoms with Gasteiger partial charge in [0.1, 0.15) is 12.8 Å². The molecule has 0 aliphatic heterocycles. The Morgan fingerprint density at radius 2 is 1.67 bits per heavy atom. The van der Waals surface area contributed by atoms with Gasteiger partial charge in [0.25, 0.3) is 5.92 Å². The summed E-state index contributed by atoms with van der Waals surface area (Å²) < 4.78 is 60.7. The maximum Gasteiger partial charge on any atom is 0.250 e. The van der Waals surface area contributed by atoms with E-state index in [1.54, 1.807) is 0 Å². The van der Waals surface area contributed by atoms with Gasteiger partial charge < -0.3 is 0 Å². The molecule has 0 nitrogen and oxygen atoms in total. The third kappa shape index (κ3) is 3.88. The van der Waals surface area contributed by atoms with E-state index in [0.29, 0.717) is 0 Å². The van der Waals surface area contributed by atoms with E-state index in [1.165, 1.54) is 0 Å². The third-order valence-electron chi connectivity index (χ3n) is 1.55. The standard InChI is InChI=1S/C7H11F5/c1-2-7(11,12)3-5(9)6(10)4-8/h5-6H,2-4H2,1H3/t5?,6-/m0/s1. The zero-order valence-corrected chi connectivity index (χ0v) is 6.67. The summed E-state index contributed by atoms with van der Waals surface area (Å²) in [6, 6.07) is 0. The molecule has 0 fully saturated rings. The smallest absolute Gasteiger partial charge is 0.248 e. The Bertz CT molecular complexity index is 125. The minimum Gasteiger partial charge on any atom is -0.248 e. The average molecular weight is 190 g/mol. The number of rotatable bonds is 5. The Kier molecular flexibility index (Phi) is 4.49. The molecule has 0 heterocycles. The van der Waals surface area contributed by atoms with E-state index in [1.807, 2.05) is 0 Å². The van der Waals surface area contributed by atoms with Crippen molar-refractivity contribution in [3.8, 4) is 0 Å². The molecule has 5 heteroatoms. The van der Waals surface area contributed by atoms with Crippen molar-refractivity contribution in [2.75, 3.05) is 6.67 Å². The lowest BCUT2D eigenvalue weighted by Gasteiger charge is -2.17. The van der Waals surface area contributed by atoms with Gasteiger partial charge in [0.2, 0.25) is 0 Å². The topological polar surface area (TPSA) is 0 Å². The average Bonchev–Trinajstić information content (AvgIpc) is 2.02. The molecule has 0 saturated heterocycles. The predicted molar refractivity (Wildman–Crippen MR) is 35.6 cm³/mol. The number of hydrogen-bond acceptors (Lipinski definition) is 0. The Morgan fingerprint density at radius 3 is 2.00 bits per heavy atom. The van der Waals surface area contributed by atoms with Crippen molar-refractivity contribution in [2.24, 2.45) is 0 Å². The van der Waals surface area contributed by atoms with Crippen LogP contribution in [0.4, 0.5) is 22.0 Å². The van der Waals surface area contributed by atoms with Crippen LogP contribution in [0.1, 0.15) is 19.8 Å². The van der Waals surface area contributed by atoms with Gasteiger partial charge in [-0.25, -0.2) is 22.0 Å². The van der Waals surface area contributed by atoms with Crippen molar-refractivity contribution in [3.05, 3.63) is 0 Å². The highest BCUT2D eigenvalue weighted by molar-refractivity contribution is 4.75. The Labute approximate surface area is 67.8 Å². The fraction of sp³-hybridized carbons (Fsp3) is 1.00. The minimum atomic E-state index is -3.24. The second-order valence-corrected chi connectivity index (χ2v) is 2.60. The summed E-state index contributed by atoms with van der Waals surface area (Å²) in [5.74, 6) is -3.24. The zero-order chi connectivity index (χ0) is 9.78. The quantitative estimate of drug-likeness (QED) is 0.584. The lowest BCUT2D eigenvalue weighted by atomic mass is 10.1. The van der Waals surface area contributed by atoms with Gasteiger partial charge in [0.15, 0.2) is 6.17 Å². The van der Waals surface area contributed by atoms with Crippen molar-refractivity contribution in [1.82, 2.24) is 0 Å². The molecule has 0 radical (unpaired) electrons. The molecule has 74 valence electrons. The van der Waals surface area contributed by atoms with Crippen molar-refractivity contribution in [2.45, 2.75) is 38.0 Å². The minimum absolute atomic E-state index is 0.563. The van der Waals surface area contributed by atoms with Crippen LogP contribution in [0, 0.1) is 0 Å². The van der Waals surface area contributed by atoms with Crippen molar-refractivity contribution < 1.29 is 22.0 Å². The van der Waals surface area contributed by atoms with Gasteiger partial charge in [-0.3, -0.25) is 0 Å². The lowest BCUT2D eigenvalue weighted by Crippen LogP contribution is -2.28. The fourth-order valence-electron chi connectivity index (χ4n) is 0.654. The molecule has 0 amide bonds. The normalized spacial score (nSPS) is 17.5. The maximum atomic E-state index is 12.4. The predicted octanol–water partition coefficient (Wildman–Crippen LogP) is 3.07. The highest BCUT2D eigenvalue weighted by Crippen LogP contribution is 2.27. The Morgan fingerprint density at radius 1 is 1.17 bits per heavy atom. The maximum absolute atomic E-state index is 12.4. The Hall–Kier alpha value is -0.350. The van der Waals surface area contributed by atoms with E-state index in [9.17, 15) is 22.0 Å². The van der Waals surface area contributed by atoms with Crippen LogP contribution in [0.15, 0.2) is 0 Å². The molecule has 0 aromatic rings. The first-order valence-electron chi connectivity index (χ1n) is 3.65. The van der Waals surface area contributed by atoms with Crippen LogP contribution < -0.4 is 0 Å². The van der Waals surface area contributed by atoms with Crippen LogP contribution in [0.2, 0.25) is 0 Å². The van der Waals surface area contributed by atoms with Gasteiger partial charge in [0.05, 0.1) is 0 Å². The summed E-state index contributed by atoms with van der Waals surface area (Å²) in [5, 5.41) is 0. The molecule has 0 aromatic heterocycles. The highest BCUT2D eigenvalue weighted by Gasteiger charge is 2.34. The van der Waals surface area contributed by atoms with Crippen molar-refractivity contribution >= 4 is 0 Å². The molecule has 12 heavy (non-hydrogen) atoms. The highest BCUT2D eigenvalue weighted by atomic mass is 19.3. The monoisotopic (exact) mass is 190 g/mol. The first-order valence-corrected chi connectivity index (χ1v) is 3.65. The van der Waals surface area contributed by atoms with E-state index >= 15 is 0 Å². The van der Waals surface area contributed by atoms with Crippen LogP contribution in [-0.4, -0.2) is 24.9 Å². The van der Waals surface area contributed by atoms with E-state index in [2.05, 4.69) is 0 Å². The van der Waals surface area contributed by atoms with E-state index < -0.39 is 37.8 Å². The largest absolute Gasteiger partial charge is 0.250 e. The molecule has 0 aromatic carbocycles. The van der Waals surface area contributed by atoms with Gasteiger partial charge in [-0.05, 0) is 0 Å². The number of halogens is 5. The zero-order valence-electron chi connectivity index (χ0n) is 6.67. The second kappa shape index (κ2) is 4.62. The molecular formula is C7H11F5.